The molecule has 0 aliphatic carbocycles. The van der Waals surface area contributed by atoms with E-state index < -0.39 is 23.7 Å². The van der Waals surface area contributed by atoms with Crippen molar-refractivity contribution < 1.29 is 22.0 Å². The van der Waals surface area contributed by atoms with Gasteiger partial charge in [-0.25, -0.2) is 28.7 Å². The molecular formula is C21H19F5N6. The molecule has 2 aromatic heterocycles. The van der Waals surface area contributed by atoms with E-state index >= 15 is 0 Å². The summed E-state index contributed by atoms with van der Waals surface area (Å²) < 4.78 is 67.2. The third-order valence-electron chi connectivity index (χ3n) is 5.29. The smallest absolute Gasteiger partial charge is 0.352 e. The van der Waals surface area contributed by atoms with Gasteiger partial charge in [0.25, 0.3) is 5.92 Å². The molecule has 1 saturated heterocycles. The van der Waals surface area contributed by atoms with Crippen molar-refractivity contribution in [3.05, 3.63) is 66.2 Å². The number of alkyl halides is 5. The number of likely N-dealkylation sites (tertiary alicyclic amines) is 1. The number of hydrogen-bond acceptors (Lipinski definition) is 6. The lowest BCUT2D eigenvalue weighted by atomic mass is 10.1. The maximum Gasteiger partial charge on any atom is 0.419 e. The third-order valence-corrected chi connectivity index (χ3v) is 5.29. The Hall–Kier alpha value is -3.21. The Kier molecular flexibility index (Phi) is 6.00. The molecule has 0 bridgehead atoms. The summed E-state index contributed by atoms with van der Waals surface area (Å²) in [4.78, 5) is 17.3. The van der Waals surface area contributed by atoms with Crippen LogP contribution in [0.5, 0.6) is 0 Å². The van der Waals surface area contributed by atoms with Crippen LogP contribution in [-0.2, 0) is 12.7 Å². The van der Waals surface area contributed by atoms with Gasteiger partial charge in [0.1, 0.15) is 0 Å². The number of aromatic nitrogens is 4. The summed E-state index contributed by atoms with van der Waals surface area (Å²) in [7, 11) is 0. The summed E-state index contributed by atoms with van der Waals surface area (Å²) in [5.74, 6) is -2.61. The topological polar surface area (TPSA) is 66.8 Å². The summed E-state index contributed by atoms with van der Waals surface area (Å²) in [6.07, 6.45) is -0.424. The second-order valence-corrected chi connectivity index (χ2v) is 7.40. The normalized spacial score (nSPS) is 18.6. The van der Waals surface area contributed by atoms with Gasteiger partial charge in [-0.15, -0.1) is 0 Å². The Morgan fingerprint density at radius 3 is 2.38 bits per heavy atom. The van der Waals surface area contributed by atoms with E-state index in [1.54, 1.807) is 23.4 Å². The number of rotatable bonds is 6. The summed E-state index contributed by atoms with van der Waals surface area (Å²) in [6.45, 7) is 0.184. The maximum atomic E-state index is 14.6. The van der Waals surface area contributed by atoms with Crippen molar-refractivity contribution in [3.8, 4) is 11.4 Å². The van der Waals surface area contributed by atoms with Crippen LogP contribution in [0.15, 0.2) is 55.1 Å². The molecule has 0 saturated carbocycles. The number of halogens is 5. The summed E-state index contributed by atoms with van der Waals surface area (Å²) in [5, 5.41) is 2.65. The van der Waals surface area contributed by atoms with E-state index in [0.29, 0.717) is 18.2 Å². The third kappa shape index (κ3) is 4.82. The molecule has 168 valence electrons. The van der Waals surface area contributed by atoms with Crippen molar-refractivity contribution in [3.63, 3.8) is 0 Å². The van der Waals surface area contributed by atoms with Crippen molar-refractivity contribution in [1.82, 2.24) is 24.8 Å². The standard InChI is InChI=1S/C21H19F5N6/c22-20(23)6-9-32(13-14-4-1-2-5-16(14)18-27-7-3-8-28-18)17(20)12-31-19-29-10-15(11-30-19)21(24,25)26/h1-5,7-8,10-11,17H,6,9,12-13H2,(H,29,30,31). The minimum Gasteiger partial charge on any atom is -0.352 e. The molecule has 1 N–H and O–H groups in total. The number of nitrogens with zero attached hydrogens (tertiary/aromatic N) is 5. The van der Waals surface area contributed by atoms with Gasteiger partial charge in [0.15, 0.2) is 5.82 Å². The second-order valence-electron chi connectivity index (χ2n) is 7.40. The van der Waals surface area contributed by atoms with Gasteiger partial charge in [-0.2, -0.15) is 13.2 Å². The van der Waals surface area contributed by atoms with E-state index in [0.717, 1.165) is 11.1 Å². The number of nitrogens with one attached hydrogen (secondary N) is 1. The minimum atomic E-state index is -4.57. The van der Waals surface area contributed by atoms with Crippen LogP contribution in [0.25, 0.3) is 11.4 Å². The van der Waals surface area contributed by atoms with Crippen LogP contribution in [0.2, 0.25) is 0 Å². The lowest BCUT2D eigenvalue weighted by molar-refractivity contribution is -0.138. The van der Waals surface area contributed by atoms with E-state index in [1.165, 1.54) is 0 Å². The zero-order valence-corrected chi connectivity index (χ0v) is 16.7. The molecule has 1 aliphatic heterocycles. The molecule has 1 fully saturated rings. The molecule has 0 spiro atoms. The Balaban J connectivity index is 1.49. The first-order valence-corrected chi connectivity index (χ1v) is 9.84. The second kappa shape index (κ2) is 8.73. The zero-order chi connectivity index (χ0) is 22.8. The Morgan fingerprint density at radius 1 is 1.00 bits per heavy atom. The predicted molar refractivity (Wildman–Crippen MR) is 107 cm³/mol. The number of benzene rings is 1. The monoisotopic (exact) mass is 450 g/mol. The van der Waals surface area contributed by atoms with Gasteiger partial charge in [0, 0.05) is 56.4 Å². The molecule has 0 amide bonds. The fourth-order valence-electron chi connectivity index (χ4n) is 3.64. The summed E-state index contributed by atoms with van der Waals surface area (Å²) in [6, 6.07) is 7.83. The lowest BCUT2D eigenvalue weighted by Gasteiger charge is -2.28. The Morgan fingerprint density at radius 2 is 1.69 bits per heavy atom. The van der Waals surface area contributed by atoms with Crippen molar-refractivity contribution >= 4 is 5.95 Å². The van der Waals surface area contributed by atoms with Crippen LogP contribution < -0.4 is 5.32 Å². The highest BCUT2D eigenvalue weighted by Crippen LogP contribution is 2.36. The average Bonchev–Trinajstić information content (AvgIpc) is 3.06. The quantitative estimate of drug-likeness (QED) is 0.566. The average molecular weight is 450 g/mol. The molecule has 3 heterocycles. The van der Waals surface area contributed by atoms with Crippen LogP contribution in [0, 0.1) is 0 Å². The number of hydrogen-bond donors (Lipinski definition) is 1. The van der Waals surface area contributed by atoms with Crippen LogP contribution in [0.1, 0.15) is 17.5 Å². The van der Waals surface area contributed by atoms with Gasteiger partial charge < -0.3 is 5.32 Å². The van der Waals surface area contributed by atoms with E-state index in [-0.39, 0.29) is 32.0 Å². The van der Waals surface area contributed by atoms with Gasteiger partial charge in [0.2, 0.25) is 5.95 Å². The molecule has 1 unspecified atom stereocenters. The first kappa shape index (κ1) is 22.0. The lowest BCUT2D eigenvalue weighted by Crippen LogP contribution is -2.44. The van der Waals surface area contributed by atoms with Gasteiger partial charge >= 0.3 is 6.18 Å². The van der Waals surface area contributed by atoms with Crippen LogP contribution in [-0.4, -0.2) is 49.9 Å². The molecule has 11 heteroatoms. The highest BCUT2D eigenvalue weighted by atomic mass is 19.4. The highest BCUT2D eigenvalue weighted by Gasteiger charge is 2.48. The molecule has 1 aromatic carbocycles. The minimum absolute atomic E-state index is 0.140. The maximum absolute atomic E-state index is 14.6. The first-order chi connectivity index (χ1) is 15.2. The fraction of sp³-hybridized carbons (Fsp3) is 0.333. The van der Waals surface area contributed by atoms with Gasteiger partial charge in [-0.3, -0.25) is 4.90 Å². The summed E-state index contributed by atoms with van der Waals surface area (Å²) in [5.41, 5.74) is 0.545. The fourth-order valence-corrected chi connectivity index (χ4v) is 3.64. The van der Waals surface area contributed by atoms with E-state index in [2.05, 4.69) is 25.3 Å². The molecular weight excluding hydrogens is 431 g/mol. The van der Waals surface area contributed by atoms with Crippen molar-refractivity contribution in [2.24, 2.45) is 0 Å². The molecule has 1 aliphatic rings. The molecule has 3 aromatic rings. The van der Waals surface area contributed by atoms with E-state index in [4.69, 9.17) is 0 Å². The molecule has 1 atom stereocenters. The zero-order valence-electron chi connectivity index (χ0n) is 16.7. The predicted octanol–water partition coefficient (Wildman–Crippen LogP) is 4.27. The van der Waals surface area contributed by atoms with Gasteiger partial charge in [-0.1, -0.05) is 24.3 Å². The van der Waals surface area contributed by atoms with Gasteiger partial charge in [0.05, 0.1) is 11.6 Å². The van der Waals surface area contributed by atoms with Crippen LogP contribution >= 0.6 is 0 Å². The van der Waals surface area contributed by atoms with Crippen LogP contribution in [0.3, 0.4) is 0 Å². The molecule has 0 radical (unpaired) electrons. The van der Waals surface area contributed by atoms with E-state index in [9.17, 15) is 22.0 Å². The Bertz CT molecular complexity index is 1040. The van der Waals surface area contributed by atoms with Crippen molar-refractivity contribution in [2.45, 2.75) is 31.1 Å². The summed E-state index contributed by atoms with van der Waals surface area (Å²) >= 11 is 0. The molecule has 4 rings (SSSR count). The SMILES string of the molecule is FC(F)(F)c1cnc(NCC2N(Cc3ccccc3-c3ncccn3)CCC2(F)F)nc1. The highest BCUT2D eigenvalue weighted by molar-refractivity contribution is 5.59. The largest absolute Gasteiger partial charge is 0.419 e. The van der Waals surface area contributed by atoms with Crippen molar-refractivity contribution in [1.29, 1.82) is 0 Å². The van der Waals surface area contributed by atoms with Crippen LogP contribution in [0.4, 0.5) is 27.9 Å². The number of anilines is 1. The van der Waals surface area contributed by atoms with Crippen molar-refractivity contribution in [2.75, 3.05) is 18.4 Å². The molecule has 32 heavy (non-hydrogen) atoms. The first-order valence-electron chi connectivity index (χ1n) is 9.84. The van der Waals surface area contributed by atoms with Gasteiger partial charge in [-0.05, 0) is 11.6 Å². The molecule has 6 nitrogen and oxygen atoms in total. The van der Waals surface area contributed by atoms with E-state index in [1.807, 2.05) is 24.3 Å². The Labute approximate surface area is 180 Å².